The van der Waals surface area contributed by atoms with Crippen LogP contribution >= 0.6 is 0 Å². The van der Waals surface area contributed by atoms with Crippen molar-refractivity contribution in [3.63, 3.8) is 0 Å². The lowest BCUT2D eigenvalue weighted by atomic mass is 9.90. The van der Waals surface area contributed by atoms with Crippen LogP contribution in [0, 0.1) is 27.7 Å². The molecule has 0 saturated heterocycles. The number of hydrogen-bond acceptors (Lipinski definition) is 0. The van der Waals surface area contributed by atoms with Crippen LogP contribution < -0.4 is 0 Å². The Bertz CT molecular complexity index is 2090. The summed E-state index contributed by atoms with van der Waals surface area (Å²) in [5.74, 6) is 0. The van der Waals surface area contributed by atoms with E-state index >= 15 is 0 Å². The Kier molecular flexibility index (Phi) is 5.79. The molecule has 0 aliphatic rings. The summed E-state index contributed by atoms with van der Waals surface area (Å²) in [7, 11) is 0. The van der Waals surface area contributed by atoms with Gasteiger partial charge in [0.1, 0.15) is 0 Å². The monoisotopic (exact) mass is 512 g/mol. The van der Waals surface area contributed by atoms with Gasteiger partial charge in [0.05, 0.1) is 0 Å². The van der Waals surface area contributed by atoms with Crippen molar-refractivity contribution in [3.8, 4) is 0 Å². The summed E-state index contributed by atoms with van der Waals surface area (Å²) in [6.07, 6.45) is 0. The summed E-state index contributed by atoms with van der Waals surface area (Å²) in [5.41, 5.74) is 5.54. The number of aryl methyl sites for hydroxylation is 4. The van der Waals surface area contributed by atoms with Gasteiger partial charge in [-0.25, -0.2) is 0 Å². The molecule has 8 rings (SSSR count). The van der Waals surface area contributed by atoms with Gasteiger partial charge < -0.3 is 0 Å². The van der Waals surface area contributed by atoms with Gasteiger partial charge in [0.2, 0.25) is 0 Å². The van der Waals surface area contributed by atoms with Crippen LogP contribution in [0.4, 0.5) is 0 Å². The van der Waals surface area contributed by atoms with Gasteiger partial charge in [-0.3, -0.25) is 0 Å². The summed E-state index contributed by atoms with van der Waals surface area (Å²) in [6, 6.07) is 43.8. The molecule has 0 nitrogen and oxygen atoms in total. The molecular formula is C40H32. The zero-order chi connectivity index (χ0) is 27.4. The van der Waals surface area contributed by atoms with Gasteiger partial charge in [0.25, 0.3) is 0 Å². The Morgan fingerprint density at radius 2 is 0.550 bits per heavy atom. The molecule has 0 atom stereocenters. The molecule has 0 N–H and O–H groups in total. The topological polar surface area (TPSA) is 0 Å². The van der Waals surface area contributed by atoms with E-state index in [1.807, 2.05) is 0 Å². The molecule has 0 fully saturated rings. The van der Waals surface area contributed by atoms with E-state index in [1.54, 1.807) is 0 Å². The van der Waals surface area contributed by atoms with Gasteiger partial charge in [-0.2, -0.15) is 0 Å². The van der Waals surface area contributed by atoms with Gasteiger partial charge in [-0.15, -0.1) is 0 Å². The minimum absolute atomic E-state index is 1.32. The average molecular weight is 513 g/mol. The smallest absolute Gasteiger partial charge is 0.00671 e. The van der Waals surface area contributed by atoms with Crippen molar-refractivity contribution < 1.29 is 0 Å². The van der Waals surface area contributed by atoms with E-state index in [9.17, 15) is 0 Å². The molecule has 192 valence electrons. The summed E-state index contributed by atoms with van der Waals surface area (Å²) >= 11 is 0. The van der Waals surface area contributed by atoms with Crippen molar-refractivity contribution in [2.45, 2.75) is 27.7 Å². The predicted molar refractivity (Wildman–Crippen MR) is 177 cm³/mol. The van der Waals surface area contributed by atoms with E-state index < -0.39 is 0 Å². The third-order valence-electron chi connectivity index (χ3n) is 8.89. The third kappa shape index (κ3) is 3.67. The summed E-state index contributed by atoms with van der Waals surface area (Å²) in [4.78, 5) is 0. The maximum atomic E-state index is 2.27. The number of benzene rings is 8. The Morgan fingerprint density at radius 3 is 0.925 bits per heavy atom. The van der Waals surface area contributed by atoms with E-state index in [0.29, 0.717) is 0 Å². The molecule has 0 aliphatic heterocycles. The third-order valence-corrected chi connectivity index (χ3v) is 8.89. The second-order valence-electron chi connectivity index (χ2n) is 11.0. The maximum absolute atomic E-state index is 2.27. The van der Waals surface area contributed by atoms with Gasteiger partial charge >= 0.3 is 0 Å². The number of rotatable bonds is 0. The van der Waals surface area contributed by atoms with E-state index in [2.05, 4.69) is 149 Å². The highest BCUT2D eigenvalue weighted by Crippen LogP contribution is 2.37. The second kappa shape index (κ2) is 9.50. The lowest BCUT2D eigenvalue weighted by Crippen LogP contribution is -1.89. The van der Waals surface area contributed by atoms with Crippen LogP contribution in [-0.4, -0.2) is 0 Å². The maximum Gasteiger partial charge on any atom is -0.00671 e. The fourth-order valence-corrected chi connectivity index (χ4v) is 6.81. The summed E-state index contributed by atoms with van der Waals surface area (Å²) < 4.78 is 0. The molecule has 0 saturated carbocycles. The number of hydrogen-bond donors (Lipinski definition) is 0. The lowest BCUT2D eigenvalue weighted by Gasteiger charge is -2.14. The van der Waals surface area contributed by atoms with Crippen LogP contribution in [0.5, 0.6) is 0 Å². The highest BCUT2D eigenvalue weighted by atomic mass is 14.2. The van der Waals surface area contributed by atoms with Gasteiger partial charge in [-0.1, -0.05) is 121 Å². The molecule has 0 amide bonds. The standard InChI is InChI=1S/2C20H16/c2*1-13-16-8-5-6-9-17(16)14(2)20-18(13)12-11-15-7-3-4-10-19(15)20/h2*3-12H,1-2H3. The van der Waals surface area contributed by atoms with Crippen LogP contribution in [0.15, 0.2) is 121 Å². The van der Waals surface area contributed by atoms with Crippen LogP contribution in [0.25, 0.3) is 64.6 Å². The van der Waals surface area contributed by atoms with E-state index in [1.165, 1.54) is 86.9 Å². The Labute approximate surface area is 235 Å². The molecule has 0 spiro atoms. The fourth-order valence-electron chi connectivity index (χ4n) is 6.81. The fraction of sp³-hybridized carbons (Fsp3) is 0.100. The SMILES string of the molecule is Cc1c2ccccc2c(C)c2c1ccc1ccccc12.Cc1c2ccccc2c(C)c2c1ccc1ccccc12. The molecule has 0 heterocycles. The molecule has 0 unspecified atom stereocenters. The largest absolute Gasteiger partial charge is 0.0616 e. The first-order chi connectivity index (χ1) is 19.5. The van der Waals surface area contributed by atoms with Crippen LogP contribution in [0.2, 0.25) is 0 Å². The van der Waals surface area contributed by atoms with Gasteiger partial charge in [-0.05, 0) is 115 Å². The summed E-state index contributed by atoms with van der Waals surface area (Å²) in [6.45, 7) is 8.96. The lowest BCUT2D eigenvalue weighted by molar-refractivity contribution is 1.53. The zero-order valence-corrected chi connectivity index (χ0v) is 23.5. The molecule has 0 aromatic heterocycles. The summed E-state index contributed by atoms with van der Waals surface area (Å²) in [5, 5.41) is 16.4. The first-order valence-corrected chi connectivity index (χ1v) is 14.1. The normalized spacial score (nSPS) is 11.5. The van der Waals surface area contributed by atoms with Crippen molar-refractivity contribution in [1.82, 2.24) is 0 Å². The molecular weight excluding hydrogens is 480 g/mol. The first-order valence-electron chi connectivity index (χ1n) is 14.1. The van der Waals surface area contributed by atoms with Crippen molar-refractivity contribution in [2.24, 2.45) is 0 Å². The van der Waals surface area contributed by atoms with Gasteiger partial charge in [0.15, 0.2) is 0 Å². The highest BCUT2D eigenvalue weighted by molar-refractivity contribution is 6.17. The molecule has 40 heavy (non-hydrogen) atoms. The second-order valence-corrected chi connectivity index (χ2v) is 11.0. The zero-order valence-electron chi connectivity index (χ0n) is 23.5. The van der Waals surface area contributed by atoms with Crippen LogP contribution in [0.1, 0.15) is 22.3 Å². The Morgan fingerprint density at radius 1 is 0.250 bits per heavy atom. The van der Waals surface area contributed by atoms with E-state index in [-0.39, 0.29) is 0 Å². The first kappa shape index (κ1) is 24.4. The van der Waals surface area contributed by atoms with Crippen molar-refractivity contribution in [1.29, 1.82) is 0 Å². The van der Waals surface area contributed by atoms with Crippen molar-refractivity contribution in [2.75, 3.05) is 0 Å². The van der Waals surface area contributed by atoms with Crippen molar-refractivity contribution >= 4 is 64.6 Å². The average Bonchev–Trinajstić information content (AvgIpc) is 3.02. The molecule has 0 radical (unpaired) electrons. The van der Waals surface area contributed by atoms with Gasteiger partial charge in [0, 0.05) is 0 Å². The molecule has 8 aromatic rings. The molecule has 0 aliphatic carbocycles. The number of fused-ring (bicyclic) bond motifs is 8. The predicted octanol–water partition coefficient (Wildman–Crippen LogP) is 11.5. The van der Waals surface area contributed by atoms with E-state index in [4.69, 9.17) is 0 Å². The highest BCUT2D eigenvalue weighted by Gasteiger charge is 2.12. The van der Waals surface area contributed by atoms with E-state index in [0.717, 1.165) is 0 Å². The molecule has 8 aromatic carbocycles. The quantitative estimate of drug-likeness (QED) is 0.140. The van der Waals surface area contributed by atoms with Crippen LogP contribution in [0.3, 0.4) is 0 Å². The molecule has 0 bridgehead atoms. The minimum Gasteiger partial charge on any atom is -0.0616 e. The molecule has 0 heteroatoms. The Balaban J connectivity index is 0.000000132. The van der Waals surface area contributed by atoms with Crippen LogP contribution in [-0.2, 0) is 0 Å². The van der Waals surface area contributed by atoms with Crippen molar-refractivity contribution in [3.05, 3.63) is 144 Å². The minimum atomic E-state index is 1.32. The Hall–Kier alpha value is -4.68.